The molecule has 1 aromatic rings. The fourth-order valence-corrected chi connectivity index (χ4v) is 2.75. The van der Waals surface area contributed by atoms with Gasteiger partial charge < -0.3 is 10.1 Å². The van der Waals surface area contributed by atoms with Crippen molar-refractivity contribution in [2.45, 2.75) is 13.3 Å². The highest BCUT2D eigenvalue weighted by atomic mass is 79.9. The Hall–Kier alpha value is -0.650. The lowest BCUT2D eigenvalue weighted by molar-refractivity contribution is -0.136. The lowest BCUT2D eigenvalue weighted by Gasteiger charge is -2.01. The molecule has 1 aromatic heterocycles. The van der Waals surface area contributed by atoms with Crippen LogP contribution in [0.3, 0.4) is 0 Å². The second-order valence-corrected chi connectivity index (χ2v) is 6.09. The number of carbonyl (C=O) groups is 1. The number of rotatable bonds is 6. The van der Waals surface area contributed by atoms with Gasteiger partial charge in [-0.25, -0.2) is 4.79 Å². The average Bonchev–Trinajstić information content (AvgIpc) is 2.73. The number of nitrogens with one attached hydrogen (secondary N) is 1. The summed E-state index contributed by atoms with van der Waals surface area (Å²) in [5.41, 5.74) is 0.638. The summed E-state index contributed by atoms with van der Waals surface area (Å²) in [6.45, 7) is 3.34. The summed E-state index contributed by atoms with van der Waals surface area (Å²) in [4.78, 5) is 12.4. The van der Waals surface area contributed by atoms with Crippen molar-refractivity contribution in [2.75, 3.05) is 20.2 Å². The number of methoxy groups -OCH3 is 1. The van der Waals surface area contributed by atoms with Crippen LogP contribution in [-0.2, 0) is 16.0 Å². The van der Waals surface area contributed by atoms with Crippen molar-refractivity contribution in [1.82, 2.24) is 5.32 Å². The minimum Gasteiger partial charge on any atom is -0.466 e. The average molecular weight is 318 g/mol. The third-order valence-corrected chi connectivity index (χ3v) is 3.92. The maximum Gasteiger partial charge on any atom is 0.333 e. The quantitative estimate of drug-likeness (QED) is 0.498. The Morgan fingerprint density at radius 3 is 2.94 bits per heavy atom. The predicted molar refractivity (Wildman–Crippen MR) is 74.4 cm³/mol. The second kappa shape index (κ2) is 7.63. The molecule has 0 saturated carbocycles. The van der Waals surface area contributed by atoms with Crippen LogP contribution in [0, 0.1) is 0 Å². The second-order valence-electron chi connectivity index (χ2n) is 3.54. The van der Waals surface area contributed by atoms with Crippen LogP contribution in [0.15, 0.2) is 27.6 Å². The first kappa shape index (κ1) is 14.4. The molecule has 94 valence electrons. The topological polar surface area (TPSA) is 38.3 Å². The molecule has 17 heavy (non-hydrogen) atoms. The van der Waals surface area contributed by atoms with Crippen LogP contribution in [0.25, 0.3) is 0 Å². The van der Waals surface area contributed by atoms with Crippen molar-refractivity contribution in [3.63, 3.8) is 0 Å². The number of halogens is 1. The van der Waals surface area contributed by atoms with Gasteiger partial charge in [-0.15, -0.1) is 11.3 Å². The van der Waals surface area contributed by atoms with E-state index in [4.69, 9.17) is 0 Å². The molecular weight excluding hydrogens is 302 g/mol. The molecule has 0 saturated heterocycles. The highest BCUT2D eigenvalue weighted by molar-refractivity contribution is 9.11. The van der Waals surface area contributed by atoms with Gasteiger partial charge in [-0.2, -0.15) is 0 Å². The molecule has 0 atom stereocenters. The van der Waals surface area contributed by atoms with E-state index in [2.05, 4.69) is 38.1 Å². The number of hydrogen-bond donors (Lipinski definition) is 1. The Morgan fingerprint density at radius 1 is 1.59 bits per heavy atom. The molecule has 0 bridgehead atoms. The van der Waals surface area contributed by atoms with Gasteiger partial charge in [0.15, 0.2) is 0 Å². The van der Waals surface area contributed by atoms with Crippen molar-refractivity contribution in [3.05, 3.63) is 32.4 Å². The largest absolute Gasteiger partial charge is 0.466 e. The van der Waals surface area contributed by atoms with Gasteiger partial charge in [0, 0.05) is 23.5 Å². The van der Waals surface area contributed by atoms with E-state index < -0.39 is 0 Å². The molecule has 5 heteroatoms. The molecule has 3 nitrogen and oxygen atoms in total. The molecule has 1 N–H and O–H groups in total. The zero-order valence-electron chi connectivity index (χ0n) is 9.96. The SMILES string of the molecule is COC(=O)/C(C)=C/CNCCc1ccc(Br)s1. The van der Waals surface area contributed by atoms with Crippen molar-refractivity contribution >= 4 is 33.2 Å². The van der Waals surface area contributed by atoms with Gasteiger partial charge in [0.1, 0.15) is 0 Å². The van der Waals surface area contributed by atoms with Gasteiger partial charge >= 0.3 is 5.97 Å². The maximum absolute atomic E-state index is 11.1. The van der Waals surface area contributed by atoms with E-state index in [1.165, 1.54) is 12.0 Å². The number of carbonyl (C=O) groups excluding carboxylic acids is 1. The minimum absolute atomic E-state index is 0.269. The molecule has 0 aliphatic heterocycles. The Morgan fingerprint density at radius 2 is 2.35 bits per heavy atom. The summed E-state index contributed by atoms with van der Waals surface area (Å²) < 4.78 is 5.76. The first-order valence-electron chi connectivity index (χ1n) is 5.33. The van der Waals surface area contributed by atoms with Crippen molar-refractivity contribution < 1.29 is 9.53 Å². The van der Waals surface area contributed by atoms with Gasteiger partial charge in [0.2, 0.25) is 0 Å². The van der Waals surface area contributed by atoms with E-state index in [1.54, 1.807) is 18.3 Å². The van der Waals surface area contributed by atoms with Gasteiger partial charge in [0.05, 0.1) is 10.9 Å². The third kappa shape index (κ3) is 5.48. The van der Waals surface area contributed by atoms with E-state index >= 15 is 0 Å². The summed E-state index contributed by atoms with van der Waals surface area (Å²) in [7, 11) is 1.39. The first-order valence-corrected chi connectivity index (χ1v) is 6.94. The molecule has 0 spiro atoms. The first-order chi connectivity index (χ1) is 8.13. The summed E-state index contributed by atoms with van der Waals surface area (Å²) in [6, 6.07) is 4.17. The molecule has 0 aromatic carbocycles. The Labute approximate surface area is 114 Å². The van der Waals surface area contributed by atoms with E-state index in [0.717, 1.165) is 16.8 Å². The van der Waals surface area contributed by atoms with E-state index in [0.29, 0.717) is 12.1 Å². The number of hydrogen-bond acceptors (Lipinski definition) is 4. The van der Waals surface area contributed by atoms with Crippen LogP contribution in [0.2, 0.25) is 0 Å². The van der Waals surface area contributed by atoms with Crippen LogP contribution in [0.1, 0.15) is 11.8 Å². The highest BCUT2D eigenvalue weighted by Gasteiger charge is 2.01. The Kier molecular flexibility index (Phi) is 6.47. The zero-order valence-corrected chi connectivity index (χ0v) is 12.4. The number of esters is 1. The Balaban J connectivity index is 2.18. The van der Waals surface area contributed by atoms with Crippen LogP contribution in [0.5, 0.6) is 0 Å². The number of ether oxygens (including phenoxy) is 1. The lowest BCUT2D eigenvalue weighted by Crippen LogP contribution is -2.17. The molecule has 1 rings (SSSR count). The van der Waals surface area contributed by atoms with Crippen LogP contribution >= 0.6 is 27.3 Å². The summed E-state index contributed by atoms with van der Waals surface area (Å²) >= 11 is 5.18. The zero-order chi connectivity index (χ0) is 12.7. The van der Waals surface area contributed by atoms with Gasteiger partial charge in [-0.3, -0.25) is 0 Å². The van der Waals surface area contributed by atoms with Crippen LogP contribution in [-0.4, -0.2) is 26.2 Å². The van der Waals surface area contributed by atoms with Gasteiger partial charge in [-0.05, 0) is 41.4 Å². The third-order valence-electron chi connectivity index (χ3n) is 2.24. The minimum atomic E-state index is -0.269. The van der Waals surface area contributed by atoms with Crippen molar-refractivity contribution in [3.8, 4) is 0 Å². The molecule has 0 unspecified atom stereocenters. The van der Waals surface area contributed by atoms with Crippen molar-refractivity contribution in [2.24, 2.45) is 0 Å². The lowest BCUT2D eigenvalue weighted by atomic mass is 10.3. The summed E-state index contributed by atoms with van der Waals surface area (Å²) in [5.74, 6) is -0.269. The van der Waals surface area contributed by atoms with Crippen LogP contribution < -0.4 is 5.32 Å². The normalized spacial score (nSPS) is 11.6. The molecule has 0 fully saturated rings. The monoisotopic (exact) mass is 317 g/mol. The molecule has 0 aliphatic rings. The van der Waals surface area contributed by atoms with E-state index in [-0.39, 0.29) is 5.97 Å². The maximum atomic E-state index is 11.1. The Bertz CT molecular complexity index is 401. The van der Waals surface area contributed by atoms with E-state index in [1.807, 2.05) is 6.08 Å². The fraction of sp³-hybridized carbons (Fsp3) is 0.417. The van der Waals surface area contributed by atoms with Crippen LogP contribution in [0.4, 0.5) is 0 Å². The van der Waals surface area contributed by atoms with Crippen molar-refractivity contribution in [1.29, 1.82) is 0 Å². The molecule has 0 radical (unpaired) electrons. The van der Waals surface area contributed by atoms with Gasteiger partial charge in [-0.1, -0.05) is 6.08 Å². The smallest absolute Gasteiger partial charge is 0.333 e. The molecule has 1 heterocycles. The highest BCUT2D eigenvalue weighted by Crippen LogP contribution is 2.21. The molecular formula is C12H16BrNO2S. The molecule has 0 amide bonds. The summed E-state index contributed by atoms with van der Waals surface area (Å²) in [5, 5.41) is 3.26. The fourth-order valence-electron chi connectivity index (χ4n) is 1.27. The van der Waals surface area contributed by atoms with Gasteiger partial charge in [0.25, 0.3) is 0 Å². The standard InChI is InChI=1S/C12H16BrNO2S/c1-9(12(15)16-2)5-7-14-8-6-10-3-4-11(13)17-10/h3-5,14H,6-8H2,1-2H3/b9-5+. The predicted octanol–water partition coefficient (Wildman–Crippen LogP) is 2.76. The molecule has 0 aliphatic carbocycles. The summed E-state index contributed by atoms with van der Waals surface area (Å²) in [6.07, 6.45) is 2.84. The number of thiophene rings is 1. The van der Waals surface area contributed by atoms with E-state index in [9.17, 15) is 4.79 Å².